The standard InChI is InChI=1S/C7H7N5S/c8-12-7-11-6(4-13-7)5-3-9-1-2-10-5/h1-4H,8H2,(H,11,12). The van der Waals surface area contributed by atoms with Crippen LogP contribution in [0.2, 0.25) is 0 Å². The number of aromatic nitrogens is 3. The van der Waals surface area contributed by atoms with Gasteiger partial charge in [-0.2, -0.15) is 0 Å². The van der Waals surface area contributed by atoms with Crippen LogP contribution in [0, 0.1) is 0 Å². The zero-order valence-corrected chi connectivity index (χ0v) is 7.45. The van der Waals surface area contributed by atoms with E-state index in [1.165, 1.54) is 11.3 Å². The minimum Gasteiger partial charge on any atom is -0.300 e. The largest absolute Gasteiger partial charge is 0.300 e. The van der Waals surface area contributed by atoms with E-state index in [1.54, 1.807) is 18.6 Å². The lowest BCUT2D eigenvalue weighted by molar-refractivity contribution is 1.18. The van der Waals surface area contributed by atoms with Gasteiger partial charge in [0.15, 0.2) is 5.13 Å². The van der Waals surface area contributed by atoms with Crippen LogP contribution in [0.15, 0.2) is 24.0 Å². The first-order valence-electron chi connectivity index (χ1n) is 3.58. The van der Waals surface area contributed by atoms with Gasteiger partial charge in [-0.1, -0.05) is 0 Å². The van der Waals surface area contributed by atoms with Crippen LogP contribution < -0.4 is 11.3 Å². The molecule has 0 bridgehead atoms. The highest BCUT2D eigenvalue weighted by Gasteiger charge is 2.03. The lowest BCUT2D eigenvalue weighted by Crippen LogP contribution is -2.05. The summed E-state index contributed by atoms with van der Waals surface area (Å²) < 4.78 is 0. The third kappa shape index (κ3) is 1.63. The molecule has 0 saturated carbocycles. The SMILES string of the molecule is NNc1nc(-c2cnccn2)cs1. The van der Waals surface area contributed by atoms with Crippen molar-refractivity contribution in [3.05, 3.63) is 24.0 Å². The summed E-state index contributed by atoms with van der Waals surface area (Å²) in [6.45, 7) is 0. The molecule has 0 unspecified atom stereocenters. The molecule has 2 rings (SSSR count). The van der Waals surface area contributed by atoms with Crippen LogP contribution in [0.5, 0.6) is 0 Å². The number of anilines is 1. The normalized spacial score (nSPS) is 9.92. The third-order valence-electron chi connectivity index (χ3n) is 1.45. The van der Waals surface area contributed by atoms with Gasteiger partial charge < -0.3 is 0 Å². The zero-order valence-electron chi connectivity index (χ0n) is 6.64. The maximum Gasteiger partial charge on any atom is 0.197 e. The van der Waals surface area contributed by atoms with Crippen LogP contribution in [0.4, 0.5) is 5.13 Å². The number of nitrogen functional groups attached to an aromatic ring is 1. The van der Waals surface area contributed by atoms with Crippen molar-refractivity contribution in [1.82, 2.24) is 15.0 Å². The predicted molar refractivity (Wildman–Crippen MR) is 51.0 cm³/mol. The zero-order chi connectivity index (χ0) is 9.10. The monoisotopic (exact) mass is 193 g/mol. The van der Waals surface area contributed by atoms with Crippen molar-refractivity contribution in [3.63, 3.8) is 0 Å². The second-order valence-corrected chi connectivity index (χ2v) is 3.13. The molecule has 6 heteroatoms. The number of nitrogens with one attached hydrogen (secondary N) is 1. The fourth-order valence-corrected chi connectivity index (χ4v) is 1.50. The lowest BCUT2D eigenvalue weighted by Gasteiger charge is -1.92. The maximum absolute atomic E-state index is 5.20. The van der Waals surface area contributed by atoms with Gasteiger partial charge in [-0.05, 0) is 0 Å². The Kier molecular flexibility index (Phi) is 2.15. The molecule has 2 heterocycles. The van der Waals surface area contributed by atoms with E-state index in [-0.39, 0.29) is 0 Å². The Labute approximate surface area is 78.6 Å². The van der Waals surface area contributed by atoms with Crippen molar-refractivity contribution in [1.29, 1.82) is 0 Å². The number of hydrazine groups is 1. The Balaban J connectivity index is 2.36. The van der Waals surface area contributed by atoms with Gasteiger partial charge in [-0.15, -0.1) is 11.3 Å². The molecule has 2 aromatic rings. The van der Waals surface area contributed by atoms with Crippen molar-refractivity contribution in [2.75, 3.05) is 5.43 Å². The highest BCUT2D eigenvalue weighted by Crippen LogP contribution is 2.21. The summed E-state index contributed by atoms with van der Waals surface area (Å²) in [5.74, 6) is 5.20. The van der Waals surface area contributed by atoms with Gasteiger partial charge >= 0.3 is 0 Å². The Hall–Kier alpha value is -1.53. The number of nitrogens with zero attached hydrogens (tertiary/aromatic N) is 3. The number of thiazole rings is 1. The molecule has 0 amide bonds. The first-order chi connectivity index (χ1) is 6.40. The predicted octanol–water partition coefficient (Wildman–Crippen LogP) is 0.886. The number of nitrogens with two attached hydrogens (primary N) is 1. The molecular weight excluding hydrogens is 186 g/mol. The first-order valence-corrected chi connectivity index (χ1v) is 4.46. The molecule has 3 N–H and O–H groups in total. The van der Waals surface area contributed by atoms with Gasteiger partial charge in [-0.3, -0.25) is 15.4 Å². The van der Waals surface area contributed by atoms with Gasteiger partial charge in [0.1, 0.15) is 11.4 Å². The minimum absolute atomic E-state index is 0.667. The average Bonchev–Trinajstić information content (AvgIpc) is 2.67. The van der Waals surface area contributed by atoms with Crippen LogP contribution in [-0.2, 0) is 0 Å². The van der Waals surface area contributed by atoms with Crippen molar-refractivity contribution in [3.8, 4) is 11.4 Å². The molecule has 2 aromatic heterocycles. The molecule has 66 valence electrons. The van der Waals surface area contributed by atoms with Crippen molar-refractivity contribution < 1.29 is 0 Å². The molecule has 0 saturated heterocycles. The summed E-state index contributed by atoms with van der Waals surface area (Å²) in [6, 6.07) is 0. The molecule has 0 aliphatic rings. The molecule has 13 heavy (non-hydrogen) atoms. The van der Waals surface area contributed by atoms with E-state index in [9.17, 15) is 0 Å². The van der Waals surface area contributed by atoms with E-state index in [0.717, 1.165) is 11.4 Å². The second kappa shape index (κ2) is 3.46. The molecular formula is C7H7N5S. The van der Waals surface area contributed by atoms with Gasteiger partial charge in [-0.25, -0.2) is 10.8 Å². The highest BCUT2D eigenvalue weighted by molar-refractivity contribution is 7.14. The fourth-order valence-electron chi connectivity index (χ4n) is 0.889. The summed E-state index contributed by atoms with van der Waals surface area (Å²) in [5.41, 5.74) is 4.01. The van der Waals surface area contributed by atoms with Crippen molar-refractivity contribution >= 4 is 16.5 Å². The summed E-state index contributed by atoms with van der Waals surface area (Å²) in [4.78, 5) is 12.2. The number of hydrogen-bond donors (Lipinski definition) is 2. The topological polar surface area (TPSA) is 76.7 Å². The van der Waals surface area contributed by atoms with E-state index in [0.29, 0.717) is 5.13 Å². The van der Waals surface area contributed by atoms with Crippen molar-refractivity contribution in [2.24, 2.45) is 5.84 Å². The summed E-state index contributed by atoms with van der Waals surface area (Å²) in [5, 5.41) is 2.54. The van der Waals surface area contributed by atoms with E-state index >= 15 is 0 Å². The van der Waals surface area contributed by atoms with Gasteiger partial charge in [0, 0.05) is 17.8 Å². The molecule has 0 radical (unpaired) electrons. The first kappa shape index (κ1) is 8.09. The summed E-state index contributed by atoms with van der Waals surface area (Å²) in [7, 11) is 0. The number of rotatable bonds is 2. The Bertz CT molecular complexity index is 385. The minimum atomic E-state index is 0.667. The Morgan fingerprint density at radius 3 is 2.85 bits per heavy atom. The van der Waals surface area contributed by atoms with Crippen LogP contribution in [0.1, 0.15) is 0 Å². The van der Waals surface area contributed by atoms with Gasteiger partial charge in [0.2, 0.25) is 0 Å². The van der Waals surface area contributed by atoms with Crippen LogP contribution in [0.25, 0.3) is 11.4 Å². The van der Waals surface area contributed by atoms with Crippen LogP contribution in [0.3, 0.4) is 0 Å². The summed E-state index contributed by atoms with van der Waals surface area (Å²) in [6.07, 6.45) is 4.91. The Morgan fingerprint density at radius 2 is 2.23 bits per heavy atom. The molecule has 5 nitrogen and oxygen atoms in total. The van der Waals surface area contributed by atoms with E-state index in [1.807, 2.05) is 5.38 Å². The highest BCUT2D eigenvalue weighted by atomic mass is 32.1. The van der Waals surface area contributed by atoms with E-state index < -0.39 is 0 Å². The third-order valence-corrected chi connectivity index (χ3v) is 2.23. The molecule has 0 aliphatic heterocycles. The fraction of sp³-hybridized carbons (Fsp3) is 0. The van der Waals surface area contributed by atoms with Crippen LogP contribution >= 0.6 is 11.3 Å². The number of hydrogen-bond acceptors (Lipinski definition) is 6. The molecule has 0 fully saturated rings. The lowest BCUT2D eigenvalue weighted by atomic mass is 10.4. The van der Waals surface area contributed by atoms with E-state index in [2.05, 4.69) is 20.4 Å². The average molecular weight is 193 g/mol. The van der Waals surface area contributed by atoms with Crippen molar-refractivity contribution in [2.45, 2.75) is 0 Å². The van der Waals surface area contributed by atoms with Gasteiger partial charge in [0.25, 0.3) is 0 Å². The molecule has 0 aliphatic carbocycles. The molecule has 0 aromatic carbocycles. The smallest absolute Gasteiger partial charge is 0.197 e. The molecule has 0 atom stereocenters. The summed E-state index contributed by atoms with van der Waals surface area (Å²) >= 11 is 1.43. The quantitative estimate of drug-likeness (QED) is 0.547. The van der Waals surface area contributed by atoms with Gasteiger partial charge in [0.05, 0.1) is 6.20 Å². The maximum atomic E-state index is 5.20. The van der Waals surface area contributed by atoms with Crippen LogP contribution in [-0.4, -0.2) is 15.0 Å². The Morgan fingerprint density at radius 1 is 1.31 bits per heavy atom. The second-order valence-electron chi connectivity index (χ2n) is 2.27. The molecule has 0 spiro atoms. The van der Waals surface area contributed by atoms with E-state index in [4.69, 9.17) is 5.84 Å².